The lowest BCUT2D eigenvalue weighted by Gasteiger charge is -2.21. The maximum Gasteiger partial charge on any atom is 0.265 e. The molecule has 2 aromatic rings. The number of ether oxygens (including phenoxy) is 1. The SMILES string of the molecule is CC[C@H](Oc1ccc(C(C)(C)C)cc1)C(=O)Nc1ccc(Br)cc1. The molecule has 128 valence electrons. The summed E-state index contributed by atoms with van der Waals surface area (Å²) in [6.45, 7) is 8.45. The second-order valence-electron chi connectivity index (χ2n) is 6.79. The van der Waals surface area contributed by atoms with E-state index in [1.54, 1.807) is 0 Å². The first kappa shape index (κ1) is 18.5. The lowest BCUT2D eigenvalue weighted by Crippen LogP contribution is -2.32. The van der Waals surface area contributed by atoms with Crippen LogP contribution < -0.4 is 10.1 Å². The Morgan fingerprint density at radius 3 is 2.17 bits per heavy atom. The number of halogens is 1. The molecule has 0 bridgehead atoms. The molecule has 0 saturated heterocycles. The van der Waals surface area contributed by atoms with E-state index >= 15 is 0 Å². The molecule has 0 aliphatic carbocycles. The standard InChI is InChI=1S/C20H24BrNO2/c1-5-18(19(23)22-16-10-8-15(21)9-11-16)24-17-12-6-14(7-13-17)20(2,3)4/h6-13,18H,5H2,1-4H3,(H,22,23)/t18-/m0/s1. The summed E-state index contributed by atoms with van der Waals surface area (Å²) in [6.07, 6.45) is 0.0813. The fourth-order valence-corrected chi connectivity index (χ4v) is 2.54. The van der Waals surface area contributed by atoms with E-state index in [0.717, 1.165) is 10.2 Å². The van der Waals surface area contributed by atoms with Gasteiger partial charge in [-0.25, -0.2) is 0 Å². The minimum absolute atomic E-state index is 0.0989. The number of hydrogen-bond donors (Lipinski definition) is 1. The van der Waals surface area contributed by atoms with Gasteiger partial charge >= 0.3 is 0 Å². The highest BCUT2D eigenvalue weighted by Crippen LogP contribution is 2.25. The molecule has 0 fully saturated rings. The molecule has 3 nitrogen and oxygen atoms in total. The zero-order valence-electron chi connectivity index (χ0n) is 14.6. The summed E-state index contributed by atoms with van der Waals surface area (Å²) in [6, 6.07) is 15.4. The average Bonchev–Trinajstić information content (AvgIpc) is 2.54. The summed E-state index contributed by atoms with van der Waals surface area (Å²) in [4.78, 5) is 12.4. The van der Waals surface area contributed by atoms with Gasteiger partial charge in [-0.3, -0.25) is 4.79 Å². The fourth-order valence-electron chi connectivity index (χ4n) is 2.28. The van der Waals surface area contributed by atoms with Crippen molar-refractivity contribution >= 4 is 27.5 Å². The van der Waals surface area contributed by atoms with Gasteiger partial charge in [0, 0.05) is 10.2 Å². The Labute approximate surface area is 152 Å². The van der Waals surface area contributed by atoms with Gasteiger partial charge in [0.05, 0.1) is 0 Å². The number of carbonyl (C=O) groups excluding carboxylic acids is 1. The van der Waals surface area contributed by atoms with Crippen LogP contribution in [0.15, 0.2) is 53.0 Å². The van der Waals surface area contributed by atoms with Crippen molar-refractivity contribution in [1.82, 2.24) is 0 Å². The zero-order valence-corrected chi connectivity index (χ0v) is 16.2. The molecule has 0 aromatic heterocycles. The first-order valence-corrected chi connectivity index (χ1v) is 8.92. The molecule has 2 aromatic carbocycles. The van der Waals surface area contributed by atoms with Crippen LogP contribution in [0, 0.1) is 0 Å². The molecule has 0 aliphatic heterocycles. The van der Waals surface area contributed by atoms with Crippen LogP contribution in [0.5, 0.6) is 5.75 Å². The van der Waals surface area contributed by atoms with Gasteiger partial charge in [0.2, 0.25) is 0 Å². The van der Waals surface area contributed by atoms with Crippen LogP contribution >= 0.6 is 15.9 Å². The van der Waals surface area contributed by atoms with E-state index in [9.17, 15) is 4.79 Å². The number of nitrogens with one attached hydrogen (secondary N) is 1. The number of anilines is 1. The van der Waals surface area contributed by atoms with Gasteiger partial charge in [-0.05, 0) is 53.8 Å². The van der Waals surface area contributed by atoms with E-state index < -0.39 is 6.10 Å². The van der Waals surface area contributed by atoms with E-state index in [4.69, 9.17) is 4.74 Å². The Kier molecular flexibility index (Phi) is 6.05. The van der Waals surface area contributed by atoms with Gasteiger partial charge in [0.1, 0.15) is 5.75 Å². The van der Waals surface area contributed by atoms with Gasteiger partial charge in [0.25, 0.3) is 5.91 Å². The van der Waals surface area contributed by atoms with Crippen LogP contribution in [0.2, 0.25) is 0 Å². The molecule has 0 radical (unpaired) electrons. The minimum Gasteiger partial charge on any atom is -0.481 e. The summed E-state index contributed by atoms with van der Waals surface area (Å²) in [5.41, 5.74) is 2.09. The molecule has 4 heteroatoms. The first-order valence-electron chi connectivity index (χ1n) is 8.13. The van der Waals surface area contributed by atoms with Crippen molar-refractivity contribution < 1.29 is 9.53 Å². The molecule has 1 atom stereocenters. The Morgan fingerprint density at radius 1 is 1.08 bits per heavy atom. The molecule has 1 amide bonds. The summed E-state index contributed by atoms with van der Waals surface area (Å²) in [5.74, 6) is 0.570. The van der Waals surface area contributed by atoms with Crippen molar-refractivity contribution in [1.29, 1.82) is 0 Å². The molecule has 0 unspecified atom stereocenters. The lowest BCUT2D eigenvalue weighted by atomic mass is 9.87. The third-order valence-corrected chi connectivity index (χ3v) is 4.30. The second-order valence-corrected chi connectivity index (χ2v) is 7.70. The Hall–Kier alpha value is -1.81. The maximum atomic E-state index is 12.4. The molecule has 1 N–H and O–H groups in total. The lowest BCUT2D eigenvalue weighted by molar-refractivity contribution is -0.122. The molecule has 0 heterocycles. The predicted octanol–water partition coefficient (Wildman–Crippen LogP) is 5.54. The van der Waals surface area contributed by atoms with E-state index in [2.05, 4.69) is 54.2 Å². The number of benzene rings is 2. The highest BCUT2D eigenvalue weighted by Gasteiger charge is 2.19. The highest BCUT2D eigenvalue weighted by molar-refractivity contribution is 9.10. The van der Waals surface area contributed by atoms with Crippen molar-refractivity contribution in [2.24, 2.45) is 0 Å². The van der Waals surface area contributed by atoms with Crippen LogP contribution in [0.25, 0.3) is 0 Å². The number of amides is 1. The van der Waals surface area contributed by atoms with Crippen molar-refractivity contribution in [3.05, 3.63) is 58.6 Å². The molecular weight excluding hydrogens is 366 g/mol. The zero-order chi connectivity index (χ0) is 17.7. The van der Waals surface area contributed by atoms with Crippen LogP contribution in [0.4, 0.5) is 5.69 Å². The van der Waals surface area contributed by atoms with Crippen molar-refractivity contribution in [2.45, 2.75) is 45.6 Å². The average molecular weight is 390 g/mol. The maximum absolute atomic E-state index is 12.4. The second kappa shape index (κ2) is 7.84. The van der Waals surface area contributed by atoms with E-state index in [0.29, 0.717) is 12.2 Å². The van der Waals surface area contributed by atoms with Crippen LogP contribution in [0.1, 0.15) is 39.7 Å². The number of hydrogen-bond acceptors (Lipinski definition) is 2. The summed E-state index contributed by atoms with van der Waals surface area (Å²) in [5, 5.41) is 2.89. The quantitative estimate of drug-likeness (QED) is 0.728. The van der Waals surface area contributed by atoms with E-state index in [-0.39, 0.29) is 11.3 Å². The van der Waals surface area contributed by atoms with E-state index in [1.165, 1.54) is 5.56 Å². The van der Waals surface area contributed by atoms with Gasteiger partial charge in [-0.1, -0.05) is 55.8 Å². The van der Waals surface area contributed by atoms with Gasteiger partial charge in [-0.15, -0.1) is 0 Å². The van der Waals surface area contributed by atoms with Crippen LogP contribution in [0.3, 0.4) is 0 Å². The predicted molar refractivity (Wildman–Crippen MR) is 103 cm³/mol. The molecule has 0 aliphatic rings. The van der Waals surface area contributed by atoms with Crippen molar-refractivity contribution in [3.63, 3.8) is 0 Å². The summed E-state index contributed by atoms with van der Waals surface area (Å²) in [7, 11) is 0. The van der Waals surface area contributed by atoms with E-state index in [1.807, 2.05) is 43.3 Å². The van der Waals surface area contributed by atoms with Crippen molar-refractivity contribution in [2.75, 3.05) is 5.32 Å². The van der Waals surface area contributed by atoms with Crippen LogP contribution in [-0.2, 0) is 10.2 Å². The van der Waals surface area contributed by atoms with Gasteiger partial charge in [0.15, 0.2) is 6.10 Å². The van der Waals surface area contributed by atoms with Gasteiger partial charge < -0.3 is 10.1 Å². The highest BCUT2D eigenvalue weighted by atomic mass is 79.9. The van der Waals surface area contributed by atoms with Crippen LogP contribution in [-0.4, -0.2) is 12.0 Å². The number of carbonyl (C=O) groups is 1. The van der Waals surface area contributed by atoms with Crippen molar-refractivity contribution in [3.8, 4) is 5.75 Å². The Morgan fingerprint density at radius 2 is 1.67 bits per heavy atom. The molecule has 0 saturated carbocycles. The molecular formula is C20H24BrNO2. The minimum atomic E-state index is -0.519. The summed E-state index contributed by atoms with van der Waals surface area (Å²) >= 11 is 3.38. The normalized spacial score (nSPS) is 12.5. The third-order valence-electron chi connectivity index (χ3n) is 3.77. The smallest absolute Gasteiger partial charge is 0.265 e. The number of rotatable bonds is 5. The fraction of sp³-hybridized carbons (Fsp3) is 0.350. The molecule has 2 rings (SSSR count). The Bertz CT molecular complexity index is 672. The molecule has 24 heavy (non-hydrogen) atoms. The Balaban J connectivity index is 2.03. The third kappa shape index (κ3) is 5.10. The topological polar surface area (TPSA) is 38.3 Å². The first-order chi connectivity index (χ1) is 11.3. The summed E-state index contributed by atoms with van der Waals surface area (Å²) < 4.78 is 6.84. The molecule has 0 spiro atoms. The largest absolute Gasteiger partial charge is 0.481 e. The monoisotopic (exact) mass is 389 g/mol. The van der Waals surface area contributed by atoms with Gasteiger partial charge in [-0.2, -0.15) is 0 Å².